The fourth-order valence-electron chi connectivity index (χ4n) is 2.13. The number of aromatic amines is 2. The molecule has 0 unspecified atom stereocenters. The third-order valence-electron chi connectivity index (χ3n) is 3.27. The van der Waals surface area contributed by atoms with Gasteiger partial charge in [-0.15, -0.1) is 10.2 Å². The number of hydrogen-bond acceptors (Lipinski definition) is 7. The lowest BCUT2D eigenvalue weighted by Gasteiger charge is -2.05. The zero-order valence-corrected chi connectivity index (χ0v) is 12.9. The number of hydrogen-bond donors (Lipinski definition) is 2. The quantitative estimate of drug-likeness (QED) is 0.485. The zero-order chi connectivity index (χ0) is 17.2. The average Bonchev–Trinajstić information content (AvgIpc) is 3.26. The minimum absolute atomic E-state index is 0.0886. The Kier molecular flexibility index (Phi) is 4.04. The van der Waals surface area contributed by atoms with Crippen LogP contribution in [0.15, 0.2) is 52.5 Å². The second-order valence-electron chi connectivity index (χ2n) is 4.81. The molecule has 0 saturated heterocycles. The molecule has 0 fully saturated rings. The van der Waals surface area contributed by atoms with Crippen LogP contribution >= 0.6 is 0 Å². The van der Waals surface area contributed by atoms with Crippen molar-refractivity contribution in [1.29, 1.82) is 0 Å². The predicted molar refractivity (Wildman–Crippen MR) is 79.9 cm³/mol. The fraction of sp³-hybridized carbons (Fsp3) is 0.0714. The van der Waals surface area contributed by atoms with Crippen molar-refractivity contribution >= 4 is 21.4 Å². The summed E-state index contributed by atoms with van der Waals surface area (Å²) in [6, 6.07) is 9.23. The third-order valence-corrected chi connectivity index (χ3v) is 5.08. The summed E-state index contributed by atoms with van der Waals surface area (Å²) in [4.78, 5) is 26.6. The number of Topliss-reactive ketones (excluding diaryl/α,β-unsaturated/α-hetero) is 2. The van der Waals surface area contributed by atoms with Crippen molar-refractivity contribution in [2.24, 2.45) is 0 Å². The van der Waals surface area contributed by atoms with E-state index in [1.165, 1.54) is 24.4 Å². The number of tetrazole rings is 1. The highest BCUT2D eigenvalue weighted by Gasteiger charge is 2.27. The molecule has 0 aliphatic rings. The fourth-order valence-corrected chi connectivity index (χ4v) is 3.59. The van der Waals surface area contributed by atoms with E-state index in [2.05, 4.69) is 25.6 Å². The Bertz CT molecular complexity index is 977. The third kappa shape index (κ3) is 2.86. The molecule has 0 radical (unpaired) electrons. The van der Waals surface area contributed by atoms with Crippen LogP contribution in [0, 0.1) is 0 Å². The van der Waals surface area contributed by atoms with Crippen LogP contribution in [0.25, 0.3) is 0 Å². The van der Waals surface area contributed by atoms with E-state index in [0.717, 1.165) is 0 Å². The number of aromatic nitrogens is 5. The molecule has 0 aliphatic heterocycles. The minimum atomic E-state index is -3.82. The van der Waals surface area contributed by atoms with E-state index < -0.39 is 27.8 Å². The van der Waals surface area contributed by atoms with Crippen LogP contribution in [0.2, 0.25) is 0 Å². The number of H-pyrrole nitrogens is 2. The van der Waals surface area contributed by atoms with Gasteiger partial charge in [-0.1, -0.05) is 18.2 Å². The van der Waals surface area contributed by atoms with Crippen molar-refractivity contribution in [1.82, 2.24) is 25.6 Å². The summed E-state index contributed by atoms with van der Waals surface area (Å²) < 4.78 is 25.3. The molecule has 0 atom stereocenters. The van der Waals surface area contributed by atoms with Gasteiger partial charge in [0, 0.05) is 12.6 Å². The van der Waals surface area contributed by atoms with Crippen molar-refractivity contribution in [3.05, 3.63) is 54.0 Å². The molecule has 24 heavy (non-hydrogen) atoms. The largest absolute Gasteiger partial charge is 0.352 e. The van der Waals surface area contributed by atoms with Gasteiger partial charge in [-0.05, 0) is 29.0 Å². The lowest BCUT2D eigenvalue weighted by molar-refractivity contribution is -0.114. The SMILES string of the molecule is O=C(Cc1cc[nH]c1S(=O)(=O)c1ccccc1)C(=O)c1nn[nH]n1. The maximum absolute atomic E-state index is 12.6. The molecule has 2 heterocycles. The van der Waals surface area contributed by atoms with E-state index >= 15 is 0 Å². The molecule has 3 aromatic rings. The highest BCUT2D eigenvalue weighted by Crippen LogP contribution is 2.23. The average molecular weight is 345 g/mol. The Balaban J connectivity index is 1.89. The summed E-state index contributed by atoms with van der Waals surface area (Å²) in [5.41, 5.74) is 0.195. The topological polar surface area (TPSA) is 139 Å². The van der Waals surface area contributed by atoms with E-state index in [-0.39, 0.29) is 21.3 Å². The summed E-state index contributed by atoms with van der Waals surface area (Å²) in [6.45, 7) is 0. The molecule has 10 heteroatoms. The van der Waals surface area contributed by atoms with Crippen molar-refractivity contribution in [3.63, 3.8) is 0 Å². The highest BCUT2D eigenvalue weighted by molar-refractivity contribution is 7.91. The predicted octanol–water partition coefficient (Wildman–Crippen LogP) is 0.355. The van der Waals surface area contributed by atoms with Gasteiger partial charge in [0.15, 0.2) is 0 Å². The van der Waals surface area contributed by atoms with Gasteiger partial charge in [0.05, 0.1) is 4.90 Å². The highest BCUT2D eigenvalue weighted by atomic mass is 32.2. The summed E-state index contributed by atoms with van der Waals surface area (Å²) in [5, 5.41) is 12.0. The maximum atomic E-state index is 12.6. The van der Waals surface area contributed by atoms with E-state index in [0.29, 0.717) is 0 Å². The van der Waals surface area contributed by atoms with Gasteiger partial charge in [0.2, 0.25) is 21.4 Å². The van der Waals surface area contributed by atoms with Gasteiger partial charge in [0.25, 0.3) is 5.78 Å². The number of sulfone groups is 1. The van der Waals surface area contributed by atoms with E-state index in [9.17, 15) is 18.0 Å². The Morgan fingerprint density at radius 3 is 2.50 bits per heavy atom. The summed E-state index contributed by atoms with van der Waals surface area (Å²) in [5.74, 6) is -2.13. The summed E-state index contributed by atoms with van der Waals surface area (Å²) in [6.07, 6.45) is 1.01. The first-order valence-corrected chi connectivity index (χ1v) is 8.26. The van der Waals surface area contributed by atoms with Crippen molar-refractivity contribution < 1.29 is 18.0 Å². The standard InChI is InChI=1S/C14H11N5O4S/c20-11(12(21)13-16-18-19-17-13)8-9-6-7-15-14(9)24(22,23)10-4-2-1-3-5-10/h1-7,15H,8H2,(H,16,17,18,19). The molecule has 0 aliphatic carbocycles. The smallest absolute Gasteiger partial charge is 0.269 e. The first-order valence-electron chi connectivity index (χ1n) is 6.77. The molecule has 0 bridgehead atoms. The number of rotatable bonds is 6. The van der Waals surface area contributed by atoms with Gasteiger partial charge >= 0.3 is 0 Å². The summed E-state index contributed by atoms with van der Waals surface area (Å²) >= 11 is 0. The van der Waals surface area contributed by atoms with Crippen molar-refractivity contribution in [2.75, 3.05) is 0 Å². The zero-order valence-electron chi connectivity index (χ0n) is 12.1. The first kappa shape index (κ1) is 15.7. The van der Waals surface area contributed by atoms with Crippen LogP contribution in [0.3, 0.4) is 0 Å². The lowest BCUT2D eigenvalue weighted by Crippen LogP contribution is -2.19. The van der Waals surface area contributed by atoms with Crippen LogP contribution in [-0.2, 0) is 21.1 Å². The molecule has 0 saturated carbocycles. The van der Waals surface area contributed by atoms with Crippen LogP contribution in [0.4, 0.5) is 0 Å². The van der Waals surface area contributed by atoms with Gasteiger partial charge < -0.3 is 4.98 Å². The van der Waals surface area contributed by atoms with Crippen LogP contribution in [0.5, 0.6) is 0 Å². The molecule has 3 rings (SSSR count). The van der Waals surface area contributed by atoms with E-state index in [1.54, 1.807) is 18.2 Å². The Morgan fingerprint density at radius 1 is 1.08 bits per heavy atom. The number of ketones is 2. The van der Waals surface area contributed by atoms with Crippen LogP contribution in [0.1, 0.15) is 16.2 Å². The normalized spacial score (nSPS) is 11.3. The molecule has 0 spiro atoms. The molecule has 2 N–H and O–H groups in total. The number of carbonyl (C=O) groups excluding carboxylic acids is 2. The summed E-state index contributed by atoms with van der Waals surface area (Å²) in [7, 11) is -3.82. The van der Waals surface area contributed by atoms with E-state index in [4.69, 9.17) is 0 Å². The van der Waals surface area contributed by atoms with Gasteiger partial charge in [0.1, 0.15) is 5.03 Å². The molecular formula is C14H11N5O4S. The Hall–Kier alpha value is -3.14. The van der Waals surface area contributed by atoms with Gasteiger partial charge in [-0.3, -0.25) is 9.59 Å². The van der Waals surface area contributed by atoms with E-state index in [1.807, 2.05) is 0 Å². The maximum Gasteiger partial charge on any atom is 0.269 e. The minimum Gasteiger partial charge on any atom is -0.352 e. The first-order chi connectivity index (χ1) is 11.5. The molecular weight excluding hydrogens is 334 g/mol. The molecule has 1 aromatic carbocycles. The molecule has 2 aromatic heterocycles. The van der Waals surface area contributed by atoms with Crippen molar-refractivity contribution in [3.8, 4) is 0 Å². The second-order valence-corrected chi connectivity index (χ2v) is 6.70. The molecule has 122 valence electrons. The number of nitrogens with one attached hydrogen (secondary N) is 2. The number of carbonyl (C=O) groups is 2. The molecule has 0 amide bonds. The monoisotopic (exact) mass is 345 g/mol. The Labute approximate surface area is 136 Å². The molecule has 9 nitrogen and oxygen atoms in total. The van der Waals surface area contributed by atoms with Crippen molar-refractivity contribution in [2.45, 2.75) is 16.3 Å². The van der Waals surface area contributed by atoms with Gasteiger partial charge in [-0.25, -0.2) is 8.42 Å². The van der Waals surface area contributed by atoms with Crippen LogP contribution in [-0.4, -0.2) is 45.6 Å². The lowest BCUT2D eigenvalue weighted by atomic mass is 10.1. The van der Waals surface area contributed by atoms with Gasteiger partial charge in [-0.2, -0.15) is 5.21 Å². The number of nitrogens with zero attached hydrogens (tertiary/aromatic N) is 3. The number of benzene rings is 1. The van der Waals surface area contributed by atoms with Crippen LogP contribution < -0.4 is 0 Å². The Morgan fingerprint density at radius 2 is 1.83 bits per heavy atom. The second kappa shape index (κ2) is 6.16.